The van der Waals surface area contributed by atoms with Crippen LogP contribution in [0.1, 0.15) is 40.2 Å². The smallest absolute Gasteiger partial charge is 0.257 e. The highest BCUT2D eigenvalue weighted by molar-refractivity contribution is 5.95. The minimum absolute atomic E-state index is 0.0546. The minimum Gasteiger partial charge on any atom is -0.342 e. The summed E-state index contributed by atoms with van der Waals surface area (Å²) in [6, 6.07) is 0. The summed E-state index contributed by atoms with van der Waals surface area (Å²) < 4.78 is 1.69. The molecule has 1 fully saturated rings. The Bertz CT molecular complexity index is 878. The van der Waals surface area contributed by atoms with Gasteiger partial charge in [-0.1, -0.05) is 0 Å². The maximum Gasteiger partial charge on any atom is 0.257 e. The van der Waals surface area contributed by atoms with E-state index in [1.807, 2.05) is 14.0 Å². The van der Waals surface area contributed by atoms with Gasteiger partial charge in [-0.3, -0.25) is 19.3 Å². The summed E-state index contributed by atoms with van der Waals surface area (Å²) in [5.74, 6) is 0.578. The van der Waals surface area contributed by atoms with Gasteiger partial charge in [-0.25, -0.2) is 4.98 Å². The molecule has 0 aliphatic carbocycles. The first-order valence-electron chi connectivity index (χ1n) is 8.69. The molecule has 4 rings (SSSR count). The van der Waals surface area contributed by atoms with E-state index in [1.54, 1.807) is 15.8 Å². The zero-order chi connectivity index (χ0) is 17.6. The summed E-state index contributed by atoms with van der Waals surface area (Å²) >= 11 is 0. The highest BCUT2D eigenvalue weighted by Gasteiger charge is 2.28. The Labute approximate surface area is 145 Å². The fourth-order valence-corrected chi connectivity index (χ4v) is 3.56. The van der Waals surface area contributed by atoms with Crippen LogP contribution in [0.5, 0.6) is 0 Å². The van der Waals surface area contributed by atoms with Gasteiger partial charge in [-0.15, -0.1) is 0 Å². The quantitative estimate of drug-likeness (QED) is 0.864. The van der Waals surface area contributed by atoms with E-state index in [4.69, 9.17) is 0 Å². The van der Waals surface area contributed by atoms with Crippen LogP contribution >= 0.6 is 0 Å². The number of H-pyrrole nitrogens is 1. The molecule has 0 aromatic carbocycles. The van der Waals surface area contributed by atoms with Crippen molar-refractivity contribution in [2.24, 2.45) is 7.05 Å². The molecule has 1 saturated heterocycles. The van der Waals surface area contributed by atoms with Crippen molar-refractivity contribution in [3.05, 3.63) is 39.1 Å². The number of carbonyl (C=O) groups is 1. The van der Waals surface area contributed by atoms with Gasteiger partial charge in [-0.05, 0) is 26.2 Å². The van der Waals surface area contributed by atoms with Gasteiger partial charge in [0.25, 0.3) is 11.5 Å². The molecule has 8 nitrogen and oxygen atoms in total. The van der Waals surface area contributed by atoms with Crippen molar-refractivity contribution in [3.63, 3.8) is 0 Å². The molecule has 0 spiro atoms. The van der Waals surface area contributed by atoms with Gasteiger partial charge in [0.15, 0.2) is 0 Å². The molecule has 2 aliphatic heterocycles. The number of carbonyl (C=O) groups excluding carboxylic acids is 1. The molecular formula is C17H22N6O2. The number of rotatable bonds is 2. The number of aromatic amines is 1. The molecule has 0 radical (unpaired) electrons. The number of aromatic nitrogens is 4. The average Bonchev–Trinajstić information content (AvgIpc) is 3.25. The molecule has 0 atom stereocenters. The summed E-state index contributed by atoms with van der Waals surface area (Å²) in [4.78, 5) is 36.7. The molecular weight excluding hydrogens is 320 g/mol. The minimum atomic E-state index is -0.0726. The van der Waals surface area contributed by atoms with Crippen molar-refractivity contribution in [2.45, 2.75) is 32.7 Å². The number of fused-ring (bicyclic) bond motifs is 1. The van der Waals surface area contributed by atoms with Crippen molar-refractivity contribution in [1.82, 2.24) is 24.6 Å². The predicted molar refractivity (Wildman–Crippen MR) is 92.7 cm³/mol. The summed E-state index contributed by atoms with van der Waals surface area (Å²) in [5, 5.41) is 4.15. The monoisotopic (exact) mass is 342 g/mol. The zero-order valence-corrected chi connectivity index (χ0v) is 14.6. The first kappa shape index (κ1) is 15.9. The van der Waals surface area contributed by atoms with Gasteiger partial charge < -0.3 is 9.80 Å². The highest BCUT2D eigenvalue weighted by Crippen LogP contribution is 2.21. The van der Waals surface area contributed by atoms with Gasteiger partial charge in [-0.2, -0.15) is 5.10 Å². The van der Waals surface area contributed by atoms with Crippen LogP contribution in [0.2, 0.25) is 0 Å². The van der Waals surface area contributed by atoms with E-state index >= 15 is 0 Å². The zero-order valence-electron chi connectivity index (χ0n) is 14.6. The van der Waals surface area contributed by atoms with Crippen LogP contribution in [0.3, 0.4) is 0 Å². The number of nitrogens with one attached hydrogen (secondary N) is 1. The second-order valence-corrected chi connectivity index (χ2v) is 6.75. The van der Waals surface area contributed by atoms with Gasteiger partial charge in [0.2, 0.25) is 5.95 Å². The topological polar surface area (TPSA) is 87.1 Å². The number of hydrogen-bond acceptors (Lipinski definition) is 5. The predicted octanol–water partition coefficient (Wildman–Crippen LogP) is 0.611. The van der Waals surface area contributed by atoms with Crippen molar-refractivity contribution in [3.8, 4) is 0 Å². The second kappa shape index (κ2) is 6.02. The first-order valence-corrected chi connectivity index (χ1v) is 8.69. The van der Waals surface area contributed by atoms with E-state index in [9.17, 15) is 9.59 Å². The van der Waals surface area contributed by atoms with Crippen LogP contribution in [0.25, 0.3) is 0 Å². The Morgan fingerprint density at radius 3 is 2.68 bits per heavy atom. The van der Waals surface area contributed by atoms with Crippen LogP contribution in [-0.2, 0) is 20.0 Å². The molecule has 0 bridgehead atoms. The van der Waals surface area contributed by atoms with Crippen LogP contribution in [0.15, 0.2) is 11.0 Å². The number of amides is 1. The van der Waals surface area contributed by atoms with E-state index in [0.717, 1.165) is 31.6 Å². The third-order valence-electron chi connectivity index (χ3n) is 5.22. The molecule has 4 heterocycles. The highest BCUT2D eigenvalue weighted by atomic mass is 16.2. The van der Waals surface area contributed by atoms with Gasteiger partial charge >= 0.3 is 0 Å². The van der Waals surface area contributed by atoms with Crippen LogP contribution < -0.4 is 10.5 Å². The van der Waals surface area contributed by atoms with E-state index in [-0.39, 0.29) is 11.5 Å². The third-order valence-corrected chi connectivity index (χ3v) is 5.22. The fraction of sp³-hybridized carbons (Fsp3) is 0.529. The standard InChI is InChI=1S/C17H22N6O2/c1-11-13(9-18-21(11)2)16(25)23-8-5-12-14(10-23)19-17(20-15(12)24)22-6-3-4-7-22/h9H,3-8,10H2,1-2H3,(H,19,20,24). The molecule has 8 heteroatoms. The van der Waals surface area contributed by atoms with Gasteiger partial charge in [0.1, 0.15) is 0 Å². The number of nitrogens with zero attached hydrogens (tertiary/aromatic N) is 5. The van der Waals surface area contributed by atoms with Crippen molar-refractivity contribution < 1.29 is 4.79 Å². The first-order chi connectivity index (χ1) is 12.0. The summed E-state index contributed by atoms with van der Waals surface area (Å²) in [5.41, 5.74) is 2.79. The molecule has 2 aliphatic rings. The molecule has 1 amide bonds. The Balaban J connectivity index is 1.62. The van der Waals surface area contributed by atoms with Crippen LogP contribution in [-0.4, -0.2) is 50.2 Å². The lowest BCUT2D eigenvalue weighted by atomic mass is 10.1. The molecule has 0 saturated carbocycles. The molecule has 25 heavy (non-hydrogen) atoms. The van der Waals surface area contributed by atoms with Crippen molar-refractivity contribution in [1.29, 1.82) is 0 Å². The molecule has 2 aromatic heterocycles. The number of anilines is 1. The van der Waals surface area contributed by atoms with Gasteiger partial charge in [0, 0.05) is 37.9 Å². The Kier molecular flexibility index (Phi) is 3.82. The lowest BCUT2D eigenvalue weighted by Crippen LogP contribution is -2.40. The Morgan fingerprint density at radius 1 is 1.24 bits per heavy atom. The number of aryl methyl sites for hydroxylation is 1. The third kappa shape index (κ3) is 2.71. The van der Waals surface area contributed by atoms with E-state index < -0.39 is 0 Å². The van der Waals surface area contributed by atoms with Crippen LogP contribution in [0.4, 0.5) is 5.95 Å². The van der Waals surface area contributed by atoms with Crippen molar-refractivity contribution >= 4 is 11.9 Å². The second-order valence-electron chi connectivity index (χ2n) is 6.75. The van der Waals surface area contributed by atoms with Crippen LogP contribution in [0, 0.1) is 6.92 Å². The Hall–Kier alpha value is -2.64. The lowest BCUT2D eigenvalue weighted by Gasteiger charge is -2.28. The SMILES string of the molecule is Cc1c(C(=O)N2CCc3c(nc(N4CCCC4)[nH]c3=O)C2)cnn1C. The van der Waals surface area contributed by atoms with E-state index in [0.29, 0.717) is 42.3 Å². The largest absolute Gasteiger partial charge is 0.342 e. The fourth-order valence-electron chi connectivity index (χ4n) is 3.56. The molecule has 132 valence electrons. The molecule has 2 aromatic rings. The lowest BCUT2D eigenvalue weighted by molar-refractivity contribution is 0.0730. The van der Waals surface area contributed by atoms with Gasteiger partial charge in [0.05, 0.1) is 24.0 Å². The number of hydrogen-bond donors (Lipinski definition) is 1. The molecule has 1 N–H and O–H groups in total. The summed E-state index contributed by atoms with van der Waals surface area (Å²) in [7, 11) is 1.82. The normalized spacial score (nSPS) is 17.0. The Morgan fingerprint density at radius 2 is 2.00 bits per heavy atom. The maximum atomic E-state index is 12.8. The summed E-state index contributed by atoms with van der Waals surface area (Å²) in [6.45, 7) is 4.60. The molecule has 0 unspecified atom stereocenters. The van der Waals surface area contributed by atoms with Crippen molar-refractivity contribution in [2.75, 3.05) is 24.5 Å². The van der Waals surface area contributed by atoms with E-state index in [2.05, 4.69) is 20.0 Å². The summed E-state index contributed by atoms with van der Waals surface area (Å²) in [6.07, 6.45) is 4.37. The van der Waals surface area contributed by atoms with E-state index in [1.165, 1.54) is 0 Å². The maximum absolute atomic E-state index is 12.8. The average molecular weight is 342 g/mol.